The SMILES string of the molecule is O=C(Nc1ccc2ccccc2c1)c1csc(CC2CCNC2)n1. The number of aromatic nitrogens is 1. The molecule has 1 fully saturated rings. The van der Waals surface area contributed by atoms with Crippen LogP contribution >= 0.6 is 11.3 Å². The Morgan fingerprint density at radius 2 is 2.12 bits per heavy atom. The average molecular weight is 337 g/mol. The number of rotatable bonds is 4. The standard InChI is InChI=1S/C19H19N3OS/c23-19(17-12-24-18(22-17)9-13-7-8-20-11-13)21-16-6-5-14-3-1-2-4-15(14)10-16/h1-6,10,12-13,20H,7-9,11H2,(H,21,23). The maximum atomic E-state index is 12.4. The lowest BCUT2D eigenvalue weighted by Crippen LogP contribution is -2.13. The molecular weight excluding hydrogens is 318 g/mol. The Balaban J connectivity index is 1.45. The van der Waals surface area contributed by atoms with Gasteiger partial charge < -0.3 is 10.6 Å². The number of carbonyl (C=O) groups excluding carboxylic acids is 1. The molecule has 2 heterocycles. The van der Waals surface area contributed by atoms with Crippen LogP contribution in [-0.4, -0.2) is 24.0 Å². The van der Waals surface area contributed by atoms with E-state index in [4.69, 9.17) is 0 Å². The number of carbonyl (C=O) groups is 1. The molecule has 5 heteroatoms. The summed E-state index contributed by atoms with van der Waals surface area (Å²) in [4.78, 5) is 16.9. The van der Waals surface area contributed by atoms with Crippen molar-refractivity contribution in [2.45, 2.75) is 12.8 Å². The first-order valence-electron chi connectivity index (χ1n) is 8.23. The van der Waals surface area contributed by atoms with E-state index >= 15 is 0 Å². The highest BCUT2D eigenvalue weighted by molar-refractivity contribution is 7.09. The summed E-state index contributed by atoms with van der Waals surface area (Å²) in [7, 11) is 0. The molecule has 3 aromatic rings. The van der Waals surface area contributed by atoms with Crippen LogP contribution in [0.15, 0.2) is 47.8 Å². The van der Waals surface area contributed by atoms with Crippen LogP contribution in [0.4, 0.5) is 5.69 Å². The predicted molar refractivity (Wildman–Crippen MR) is 98.7 cm³/mol. The summed E-state index contributed by atoms with van der Waals surface area (Å²) in [5.41, 5.74) is 1.31. The molecule has 1 aromatic heterocycles. The van der Waals surface area contributed by atoms with Gasteiger partial charge in [0.2, 0.25) is 0 Å². The van der Waals surface area contributed by atoms with Gasteiger partial charge in [-0.1, -0.05) is 30.3 Å². The number of nitrogens with one attached hydrogen (secondary N) is 2. The first kappa shape index (κ1) is 15.3. The smallest absolute Gasteiger partial charge is 0.275 e. The number of nitrogens with zero attached hydrogens (tertiary/aromatic N) is 1. The van der Waals surface area contributed by atoms with Crippen LogP contribution in [0.5, 0.6) is 0 Å². The summed E-state index contributed by atoms with van der Waals surface area (Å²) >= 11 is 1.58. The average Bonchev–Trinajstić information content (AvgIpc) is 3.27. The van der Waals surface area contributed by atoms with Crippen molar-refractivity contribution in [2.24, 2.45) is 5.92 Å². The number of thiazole rings is 1. The third-order valence-electron chi connectivity index (χ3n) is 4.42. The molecule has 122 valence electrons. The van der Waals surface area contributed by atoms with Crippen molar-refractivity contribution in [3.8, 4) is 0 Å². The third kappa shape index (κ3) is 3.32. The van der Waals surface area contributed by atoms with E-state index < -0.39 is 0 Å². The molecule has 2 N–H and O–H groups in total. The van der Waals surface area contributed by atoms with Gasteiger partial charge in [0.25, 0.3) is 5.91 Å². The number of fused-ring (bicyclic) bond motifs is 1. The fourth-order valence-electron chi connectivity index (χ4n) is 3.11. The van der Waals surface area contributed by atoms with Crippen molar-refractivity contribution < 1.29 is 4.79 Å². The van der Waals surface area contributed by atoms with Gasteiger partial charge in [-0.15, -0.1) is 11.3 Å². The van der Waals surface area contributed by atoms with Crippen LogP contribution in [0.1, 0.15) is 21.9 Å². The summed E-state index contributed by atoms with van der Waals surface area (Å²) in [6.07, 6.45) is 2.15. The van der Waals surface area contributed by atoms with Gasteiger partial charge in [-0.05, 0) is 48.3 Å². The maximum absolute atomic E-state index is 12.4. The van der Waals surface area contributed by atoms with Crippen molar-refractivity contribution in [3.63, 3.8) is 0 Å². The minimum Gasteiger partial charge on any atom is -0.321 e. The van der Waals surface area contributed by atoms with Crippen LogP contribution in [0, 0.1) is 5.92 Å². The zero-order chi connectivity index (χ0) is 16.4. The molecule has 0 spiro atoms. The van der Waals surface area contributed by atoms with E-state index in [-0.39, 0.29) is 5.91 Å². The highest BCUT2D eigenvalue weighted by Gasteiger charge is 2.18. The monoisotopic (exact) mass is 337 g/mol. The molecule has 0 saturated carbocycles. The maximum Gasteiger partial charge on any atom is 0.275 e. The van der Waals surface area contributed by atoms with Crippen molar-refractivity contribution in [1.29, 1.82) is 0 Å². The molecule has 1 amide bonds. The number of benzene rings is 2. The van der Waals surface area contributed by atoms with Crippen LogP contribution in [0.2, 0.25) is 0 Å². The number of anilines is 1. The normalized spacial score (nSPS) is 17.2. The van der Waals surface area contributed by atoms with E-state index in [1.54, 1.807) is 11.3 Å². The van der Waals surface area contributed by atoms with Gasteiger partial charge in [0.05, 0.1) is 5.01 Å². The second-order valence-corrected chi connectivity index (χ2v) is 7.15. The summed E-state index contributed by atoms with van der Waals surface area (Å²) in [6.45, 7) is 2.14. The van der Waals surface area contributed by atoms with Gasteiger partial charge in [-0.25, -0.2) is 4.98 Å². The molecule has 1 aliphatic rings. The fourth-order valence-corrected chi connectivity index (χ4v) is 4.00. The topological polar surface area (TPSA) is 54.0 Å². The minimum atomic E-state index is -0.141. The minimum absolute atomic E-state index is 0.141. The van der Waals surface area contributed by atoms with Gasteiger partial charge in [0.15, 0.2) is 0 Å². The third-order valence-corrected chi connectivity index (χ3v) is 5.29. The van der Waals surface area contributed by atoms with Crippen LogP contribution in [0.25, 0.3) is 10.8 Å². The van der Waals surface area contributed by atoms with Crippen molar-refractivity contribution >= 4 is 33.7 Å². The Labute approximate surface area is 144 Å². The molecule has 0 radical (unpaired) electrons. The second kappa shape index (κ2) is 6.71. The molecule has 0 aliphatic carbocycles. The zero-order valence-corrected chi connectivity index (χ0v) is 14.1. The fraction of sp³-hybridized carbons (Fsp3) is 0.263. The van der Waals surface area contributed by atoms with Crippen LogP contribution < -0.4 is 10.6 Å². The van der Waals surface area contributed by atoms with Gasteiger partial charge in [-0.3, -0.25) is 4.79 Å². The van der Waals surface area contributed by atoms with E-state index in [2.05, 4.69) is 21.7 Å². The van der Waals surface area contributed by atoms with E-state index in [9.17, 15) is 4.79 Å². The Morgan fingerprint density at radius 3 is 2.96 bits per heavy atom. The zero-order valence-electron chi connectivity index (χ0n) is 13.3. The first-order valence-corrected chi connectivity index (χ1v) is 9.11. The lowest BCUT2D eigenvalue weighted by Gasteiger charge is -2.05. The van der Waals surface area contributed by atoms with E-state index in [0.717, 1.165) is 41.0 Å². The highest BCUT2D eigenvalue weighted by atomic mass is 32.1. The molecule has 0 bridgehead atoms. The molecule has 4 rings (SSSR count). The molecule has 4 nitrogen and oxygen atoms in total. The number of hydrogen-bond donors (Lipinski definition) is 2. The van der Waals surface area contributed by atoms with Gasteiger partial charge in [0.1, 0.15) is 5.69 Å². The van der Waals surface area contributed by atoms with E-state index in [1.165, 1.54) is 6.42 Å². The van der Waals surface area contributed by atoms with E-state index in [0.29, 0.717) is 11.6 Å². The summed E-state index contributed by atoms with van der Waals surface area (Å²) in [6, 6.07) is 14.1. The molecule has 1 unspecified atom stereocenters. The molecule has 1 saturated heterocycles. The molecule has 24 heavy (non-hydrogen) atoms. The molecule has 1 atom stereocenters. The first-order chi connectivity index (χ1) is 11.8. The predicted octanol–water partition coefficient (Wildman–Crippen LogP) is 3.70. The summed E-state index contributed by atoms with van der Waals surface area (Å²) < 4.78 is 0. The summed E-state index contributed by atoms with van der Waals surface area (Å²) in [5, 5.41) is 11.5. The largest absolute Gasteiger partial charge is 0.321 e. The Morgan fingerprint density at radius 1 is 1.25 bits per heavy atom. The van der Waals surface area contributed by atoms with E-state index in [1.807, 2.05) is 41.8 Å². The number of hydrogen-bond acceptors (Lipinski definition) is 4. The van der Waals surface area contributed by atoms with Gasteiger partial charge in [-0.2, -0.15) is 0 Å². The molecule has 2 aromatic carbocycles. The van der Waals surface area contributed by atoms with Gasteiger partial charge in [0, 0.05) is 17.5 Å². The van der Waals surface area contributed by atoms with Crippen LogP contribution in [-0.2, 0) is 6.42 Å². The van der Waals surface area contributed by atoms with Crippen molar-refractivity contribution in [2.75, 3.05) is 18.4 Å². The lowest BCUT2D eigenvalue weighted by atomic mass is 10.1. The Hall–Kier alpha value is -2.24. The lowest BCUT2D eigenvalue weighted by molar-refractivity contribution is 0.102. The van der Waals surface area contributed by atoms with Gasteiger partial charge >= 0.3 is 0 Å². The quantitative estimate of drug-likeness (QED) is 0.763. The summed E-state index contributed by atoms with van der Waals surface area (Å²) in [5.74, 6) is 0.505. The second-order valence-electron chi connectivity index (χ2n) is 6.21. The Bertz CT molecular complexity index is 868. The number of amides is 1. The van der Waals surface area contributed by atoms with Crippen LogP contribution in [0.3, 0.4) is 0 Å². The van der Waals surface area contributed by atoms with Crippen molar-refractivity contribution in [3.05, 3.63) is 58.5 Å². The molecule has 1 aliphatic heterocycles. The van der Waals surface area contributed by atoms with Crippen molar-refractivity contribution in [1.82, 2.24) is 10.3 Å². The molecular formula is C19H19N3OS. The Kier molecular flexibility index (Phi) is 4.28. The highest BCUT2D eigenvalue weighted by Crippen LogP contribution is 2.21.